The van der Waals surface area contributed by atoms with Crippen LogP contribution in [0.15, 0.2) is 28.0 Å². The molecule has 2 fully saturated rings. The average Bonchev–Trinajstić information content (AvgIpc) is 3.31. The van der Waals surface area contributed by atoms with Crippen LogP contribution in [0.5, 0.6) is 0 Å². The molecule has 2 aromatic rings. The van der Waals surface area contributed by atoms with Crippen LogP contribution in [0.4, 0.5) is 5.95 Å². The predicted molar refractivity (Wildman–Crippen MR) is 84.5 cm³/mol. The molecule has 0 unspecified atom stereocenters. The van der Waals surface area contributed by atoms with E-state index in [2.05, 4.69) is 15.1 Å². The van der Waals surface area contributed by atoms with Gasteiger partial charge in [-0.05, 0) is 25.0 Å². The van der Waals surface area contributed by atoms with Crippen molar-refractivity contribution in [2.75, 3.05) is 24.6 Å². The number of hydrogen-bond acceptors (Lipinski definition) is 7. The molecule has 0 spiro atoms. The predicted octanol–water partition coefficient (Wildman–Crippen LogP) is 1.93. The number of anilines is 1. The number of ether oxygens (including phenoxy) is 1. The lowest BCUT2D eigenvalue weighted by molar-refractivity contribution is -0.137. The fourth-order valence-electron chi connectivity index (χ4n) is 2.93. The Labute approximate surface area is 138 Å². The van der Waals surface area contributed by atoms with Gasteiger partial charge in [0.25, 0.3) is 0 Å². The van der Waals surface area contributed by atoms with Crippen LogP contribution in [-0.2, 0) is 16.1 Å². The molecule has 2 aromatic heterocycles. The SMILES string of the molecule is O=C1OCC[C@@H]1Sc1nnc(N2CCCC2)n1Cc1ccco1. The molecule has 0 aromatic carbocycles. The Kier molecular flexibility index (Phi) is 3.99. The van der Waals surface area contributed by atoms with Gasteiger partial charge in [-0.15, -0.1) is 10.2 Å². The molecule has 4 heterocycles. The fraction of sp³-hybridized carbons (Fsp3) is 0.533. The van der Waals surface area contributed by atoms with E-state index in [0.717, 1.165) is 36.4 Å². The summed E-state index contributed by atoms with van der Waals surface area (Å²) in [7, 11) is 0. The fourth-order valence-corrected chi connectivity index (χ4v) is 3.92. The molecule has 122 valence electrons. The van der Waals surface area contributed by atoms with Gasteiger partial charge in [-0.3, -0.25) is 9.36 Å². The first-order valence-corrected chi connectivity index (χ1v) is 8.73. The van der Waals surface area contributed by atoms with E-state index in [1.54, 1.807) is 6.26 Å². The van der Waals surface area contributed by atoms with Crippen LogP contribution in [0.3, 0.4) is 0 Å². The lowest BCUT2D eigenvalue weighted by atomic mass is 10.4. The molecule has 0 radical (unpaired) electrons. The summed E-state index contributed by atoms with van der Waals surface area (Å²) in [5.74, 6) is 1.54. The van der Waals surface area contributed by atoms with E-state index in [-0.39, 0.29) is 11.2 Å². The third-order valence-electron chi connectivity index (χ3n) is 4.12. The minimum atomic E-state index is -0.194. The topological polar surface area (TPSA) is 73.4 Å². The van der Waals surface area contributed by atoms with E-state index in [4.69, 9.17) is 9.15 Å². The molecule has 4 rings (SSSR count). The summed E-state index contributed by atoms with van der Waals surface area (Å²) < 4.78 is 12.6. The highest BCUT2D eigenvalue weighted by Gasteiger charge is 2.31. The van der Waals surface area contributed by atoms with Gasteiger partial charge >= 0.3 is 5.97 Å². The Hall–Kier alpha value is -1.96. The first-order chi connectivity index (χ1) is 11.3. The second kappa shape index (κ2) is 6.27. The Morgan fingerprint density at radius 3 is 2.87 bits per heavy atom. The largest absolute Gasteiger partial charge is 0.467 e. The number of rotatable bonds is 5. The number of furan rings is 1. The third-order valence-corrected chi connectivity index (χ3v) is 5.34. The van der Waals surface area contributed by atoms with E-state index >= 15 is 0 Å². The van der Waals surface area contributed by atoms with E-state index in [9.17, 15) is 4.79 Å². The summed E-state index contributed by atoms with van der Waals surface area (Å²) in [5.41, 5.74) is 0. The summed E-state index contributed by atoms with van der Waals surface area (Å²) in [6, 6.07) is 3.81. The molecule has 2 aliphatic heterocycles. The molecular formula is C15H18N4O3S. The number of hydrogen-bond donors (Lipinski definition) is 0. The summed E-state index contributed by atoms with van der Waals surface area (Å²) in [5, 5.41) is 9.24. The molecule has 0 amide bonds. The number of cyclic esters (lactones) is 1. The van der Waals surface area contributed by atoms with Crippen LogP contribution in [0, 0.1) is 0 Å². The van der Waals surface area contributed by atoms with Gasteiger partial charge in [0.1, 0.15) is 11.0 Å². The van der Waals surface area contributed by atoms with Crippen molar-refractivity contribution in [3.63, 3.8) is 0 Å². The number of carbonyl (C=O) groups excluding carboxylic acids is 1. The molecule has 7 nitrogen and oxygen atoms in total. The Morgan fingerprint density at radius 1 is 1.30 bits per heavy atom. The summed E-state index contributed by atoms with van der Waals surface area (Å²) in [6.07, 6.45) is 4.72. The van der Waals surface area contributed by atoms with Crippen LogP contribution in [0.25, 0.3) is 0 Å². The standard InChI is InChI=1S/C15H18N4O3S/c20-13-12(5-9-22-13)23-15-17-16-14(18-6-1-2-7-18)19(15)10-11-4-3-8-21-11/h3-4,8,12H,1-2,5-7,9-10H2/t12-/m0/s1. The second-order valence-electron chi connectivity index (χ2n) is 5.70. The molecule has 8 heteroatoms. The van der Waals surface area contributed by atoms with E-state index in [1.165, 1.54) is 24.6 Å². The third kappa shape index (κ3) is 2.95. The van der Waals surface area contributed by atoms with Crippen molar-refractivity contribution in [1.29, 1.82) is 0 Å². The lowest BCUT2D eigenvalue weighted by Crippen LogP contribution is -2.23. The lowest BCUT2D eigenvalue weighted by Gasteiger charge is -2.18. The zero-order chi connectivity index (χ0) is 15.6. The number of carbonyl (C=O) groups is 1. The van der Waals surface area contributed by atoms with Gasteiger partial charge in [-0.25, -0.2) is 0 Å². The quantitative estimate of drug-likeness (QED) is 0.774. The van der Waals surface area contributed by atoms with Crippen molar-refractivity contribution >= 4 is 23.7 Å². The zero-order valence-electron chi connectivity index (χ0n) is 12.7. The monoisotopic (exact) mass is 334 g/mol. The van der Waals surface area contributed by atoms with Gasteiger partial charge in [-0.2, -0.15) is 0 Å². The molecule has 23 heavy (non-hydrogen) atoms. The van der Waals surface area contributed by atoms with Gasteiger partial charge in [0.2, 0.25) is 5.95 Å². The van der Waals surface area contributed by atoms with E-state index < -0.39 is 0 Å². The van der Waals surface area contributed by atoms with Gasteiger partial charge in [0.15, 0.2) is 5.16 Å². The first kappa shape index (κ1) is 14.6. The van der Waals surface area contributed by atoms with Gasteiger partial charge < -0.3 is 14.1 Å². The van der Waals surface area contributed by atoms with Crippen molar-refractivity contribution in [2.45, 2.75) is 36.2 Å². The number of aromatic nitrogens is 3. The second-order valence-corrected chi connectivity index (χ2v) is 6.87. The van der Waals surface area contributed by atoms with Crippen LogP contribution in [0.1, 0.15) is 25.0 Å². The number of thioether (sulfide) groups is 1. The molecule has 0 aliphatic carbocycles. The number of nitrogens with zero attached hydrogens (tertiary/aromatic N) is 4. The number of esters is 1. The van der Waals surface area contributed by atoms with E-state index in [0.29, 0.717) is 13.2 Å². The molecule has 1 atom stereocenters. The van der Waals surface area contributed by atoms with Gasteiger partial charge in [0, 0.05) is 19.5 Å². The van der Waals surface area contributed by atoms with Crippen molar-refractivity contribution in [3.8, 4) is 0 Å². The van der Waals surface area contributed by atoms with Crippen LogP contribution < -0.4 is 4.90 Å². The smallest absolute Gasteiger partial charge is 0.319 e. The minimum absolute atomic E-state index is 0.162. The maximum absolute atomic E-state index is 11.7. The minimum Gasteiger partial charge on any atom is -0.467 e. The maximum Gasteiger partial charge on any atom is 0.319 e. The average molecular weight is 334 g/mol. The Morgan fingerprint density at radius 2 is 2.17 bits per heavy atom. The highest BCUT2D eigenvalue weighted by atomic mass is 32.2. The van der Waals surface area contributed by atoms with Crippen molar-refractivity contribution in [1.82, 2.24) is 14.8 Å². The van der Waals surface area contributed by atoms with Gasteiger partial charge in [0.05, 0.1) is 19.4 Å². The van der Waals surface area contributed by atoms with Crippen LogP contribution in [-0.4, -0.2) is 45.7 Å². The Bertz CT molecular complexity index is 679. The normalized spacial score (nSPS) is 21.1. The molecule has 2 aliphatic rings. The highest BCUT2D eigenvalue weighted by Crippen LogP contribution is 2.31. The molecule has 0 saturated carbocycles. The van der Waals surface area contributed by atoms with Crippen LogP contribution >= 0.6 is 11.8 Å². The van der Waals surface area contributed by atoms with Crippen molar-refractivity contribution < 1.29 is 13.9 Å². The molecule has 0 N–H and O–H groups in total. The summed E-state index contributed by atoms with van der Waals surface area (Å²) >= 11 is 1.43. The first-order valence-electron chi connectivity index (χ1n) is 7.85. The Balaban J connectivity index is 1.62. The molecular weight excluding hydrogens is 316 g/mol. The summed E-state index contributed by atoms with van der Waals surface area (Å²) in [6.45, 7) is 3.04. The molecule has 2 saturated heterocycles. The summed E-state index contributed by atoms with van der Waals surface area (Å²) in [4.78, 5) is 14.0. The zero-order valence-corrected chi connectivity index (χ0v) is 13.5. The van der Waals surface area contributed by atoms with E-state index in [1.807, 2.05) is 16.7 Å². The van der Waals surface area contributed by atoms with Crippen molar-refractivity contribution in [2.24, 2.45) is 0 Å². The van der Waals surface area contributed by atoms with Gasteiger partial charge in [-0.1, -0.05) is 11.8 Å². The van der Waals surface area contributed by atoms with Crippen LogP contribution in [0.2, 0.25) is 0 Å². The highest BCUT2D eigenvalue weighted by molar-refractivity contribution is 8.00. The van der Waals surface area contributed by atoms with Crippen molar-refractivity contribution in [3.05, 3.63) is 24.2 Å². The molecule has 0 bridgehead atoms. The maximum atomic E-state index is 11.7.